The van der Waals surface area contributed by atoms with Gasteiger partial charge in [0, 0.05) is 24.3 Å². The van der Waals surface area contributed by atoms with Crippen molar-refractivity contribution in [3.63, 3.8) is 0 Å². The van der Waals surface area contributed by atoms with Crippen LogP contribution in [-0.4, -0.2) is 35.5 Å². The van der Waals surface area contributed by atoms with Crippen molar-refractivity contribution in [2.75, 3.05) is 18.4 Å². The number of amides is 2. The number of anilines is 1. The molecule has 0 atom stereocenters. The lowest BCUT2D eigenvalue weighted by molar-refractivity contribution is 0.126. The van der Waals surface area contributed by atoms with E-state index in [1.807, 2.05) is 4.90 Å². The predicted octanol–water partition coefficient (Wildman–Crippen LogP) is 3.38. The van der Waals surface area contributed by atoms with Gasteiger partial charge >= 0.3 is 6.03 Å². The topological polar surface area (TPSA) is 118 Å². The first kappa shape index (κ1) is 20.0. The summed E-state index contributed by atoms with van der Waals surface area (Å²) in [6.07, 6.45) is 8.51. The summed E-state index contributed by atoms with van der Waals surface area (Å²) in [5.41, 5.74) is 6.59. The van der Waals surface area contributed by atoms with E-state index in [4.69, 9.17) is 16.4 Å². The van der Waals surface area contributed by atoms with Gasteiger partial charge in [0.05, 0.1) is 11.6 Å². The number of benzene rings is 1. The number of rotatable bonds is 3. The second kappa shape index (κ2) is 8.96. The monoisotopic (exact) mass is 382 g/mol. The Morgan fingerprint density at radius 1 is 1.21 bits per heavy atom. The molecule has 0 unspecified atom stereocenters. The summed E-state index contributed by atoms with van der Waals surface area (Å²) in [6, 6.07) is 8.87. The average Bonchev–Trinajstić information content (AvgIpc) is 2.94. The molecule has 0 bridgehead atoms. The predicted molar refractivity (Wildman–Crippen MR) is 110 cm³/mol. The molecule has 1 aliphatic carbocycles. The van der Waals surface area contributed by atoms with Crippen LogP contribution in [0.4, 0.5) is 10.5 Å². The van der Waals surface area contributed by atoms with Crippen LogP contribution in [0.3, 0.4) is 0 Å². The number of nitrogens with one attached hydrogen (secondary N) is 3. The fourth-order valence-corrected chi connectivity index (χ4v) is 4.72. The van der Waals surface area contributed by atoms with Crippen molar-refractivity contribution < 1.29 is 4.79 Å². The summed E-state index contributed by atoms with van der Waals surface area (Å²) in [5.74, 6) is 0.522. The van der Waals surface area contributed by atoms with E-state index < -0.39 is 0 Å². The van der Waals surface area contributed by atoms with Gasteiger partial charge in [-0.05, 0) is 49.8 Å². The number of hydrogen-bond acceptors (Lipinski definition) is 3. The van der Waals surface area contributed by atoms with Crippen LogP contribution in [0, 0.1) is 22.7 Å². The van der Waals surface area contributed by atoms with Crippen LogP contribution in [0.2, 0.25) is 0 Å². The normalized spacial score (nSPS) is 19.9. The Bertz CT molecular complexity index is 740. The van der Waals surface area contributed by atoms with Crippen molar-refractivity contribution in [1.82, 2.24) is 10.2 Å². The Labute approximate surface area is 166 Å². The molecule has 7 nitrogen and oxygen atoms in total. The van der Waals surface area contributed by atoms with Gasteiger partial charge in [-0.25, -0.2) is 4.79 Å². The summed E-state index contributed by atoms with van der Waals surface area (Å²) in [5, 5.41) is 23.0. The first-order chi connectivity index (χ1) is 13.5. The van der Waals surface area contributed by atoms with Crippen molar-refractivity contribution in [1.29, 1.82) is 10.7 Å². The van der Waals surface area contributed by atoms with E-state index in [0.717, 1.165) is 51.6 Å². The van der Waals surface area contributed by atoms with Gasteiger partial charge in [0.2, 0.25) is 0 Å². The second-order valence-corrected chi connectivity index (χ2v) is 7.99. The van der Waals surface area contributed by atoms with E-state index in [9.17, 15) is 4.79 Å². The van der Waals surface area contributed by atoms with Crippen molar-refractivity contribution in [2.24, 2.45) is 11.7 Å². The molecular weight excluding hydrogens is 352 g/mol. The number of hydrogen-bond donors (Lipinski definition) is 4. The third-order valence-electron chi connectivity index (χ3n) is 6.22. The molecule has 0 radical (unpaired) electrons. The van der Waals surface area contributed by atoms with E-state index in [1.54, 1.807) is 24.3 Å². The molecule has 1 saturated carbocycles. The molecule has 1 aromatic carbocycles. The van der Waals surface area contributed by atoms with Crippen molar-refractivity contribution in [2.45, 2.75) is 56.9 Å². The van der Waals surface area contributed by atoms with Gasteiger partial charge in [-0.15, -0.1) is 0 Å². The molecular formula is C21H30N6O. The van der Waals surface area contributed by atoms with E-state index in [1.165, 1.54) is 12.8 Å². The van der Waals surface area contributed by atoms with Crippen LogP contribution in [-0.2, 0) is 0 Å². The fraction of sp³-hybridized carbons (Fsp3) is 0.571. The molecule has 1 aromatic rings. The van der Waals surface area contributed by atoms with Crippen LogP contribution in [0.1, 0.15) is 56.9 Å². The van der Waals surface area contributed by atoms with Crippen LogP contribution >= 0.6 is 0 Å². The summed E-state index contributed by atoms with van der Waals surface area (Å²) >= 11 is 0. The molecule has 7 heteroatoms. The molecule has 5 N–H and O–H groups in total. The van der Waals surface area contributed by atoms with Crippen LogP contribution < -0.4 is 16.4 Å². The molecule has 1 aliphatic heterocycles. The Hall–Kier alpha value is -2.75. The Kier molecular flexibility index (Phi) is 6.40. The molecule has 150 valence electrons. The zero-order valence-electron chi connectivity index (χ0n) is 16.3. The van der Waals surface area contributed by atoms with Gasteiger partial charge < -0.3 is 21.3 Å². The Morgan fingerprint density at radius 3 is 2.50 bits per heavy atom. The number of nitrogens with two attached hydrogens (primary N) is 1. The summed E-state index contributed by atoms with van der Waals surface area (Å²) < 4.78 is 0. The molecule has 28 heavy (non-hydrogen) atoms. The second-order valence-electron chi connectivity index (χ2n) is 7.99. The number of piperidine rings is 1. The molecule has 1 saturated heterocycles. The highest BCUT2D eigenvalue weighted by Crippen LogP contribution is 2.38. The highest BCUT2D eigenvalue weighted by atomic mass is 16.2. The number of nitriles is 1. The first-order valence-corrected chi connectivity index (χ1v) is 10.2. The van der Waals surface area contributed by atoms with Crippen molar-refractivity contribution in [3.8, 4) is 6.07 Å². The summed E-state index contributed by atoms with van der Waals surface area (Å²) in [6.45, 7) is 1.55. The minimum absolute atomic E-state index is 0.136. The van der Waals surface area contributed by atoms with Gasteiger partial charge in [-0.2, -0.15) is 5.26 Å². The molecule has 2 aliphatic rings. The highest BCUT2D eigenvalue weighted by Gasteiger charge is 2.41. The van der Waals surface area contributed by atoms with Gasteiger partial charge in [-0.3, -0.25) is 5.41 Å². The maximum atomic E-state index is 12.8. The number of nitrogens with zero attached hydrogens (tertiary/aromatic N) is 2. The molecule has 1 heterocycles. The smallest absolute Gasteiger partial charge is 0.319 e. The molecule has 0 spiro atoms. The van der Waals surface area contributed by atoms with Crippen molar-refractivity contribution >= 4 is 17.7 Å². The van der Waals surface area contributed by atoms with Crippen LogP contribution in [0.15, 0.2) is 24.3 Å². The number of carbonyl (C=O) groups is 1. The Balaban J connectivity index is 1.71. The van der Waals surface area contributed by atoms with Gasteiger partial charge in [-0.1, -0.05) is 31.7 Å². The van der Waals surface area contributed by atoms with E-state index >= 15 is 0 Å². The maximum absolute atomic E-state index is 12.8. The van der Waals surface area contributed by atoms with Gasteiger partial charge in [0.25, 0.3) is 0 Å². The fourth-order valence-electron chi connectivity index (χ4n) is 4.72. The molecule has 2 amide bonds. The number of carbonyl (C=O) groups excluding carboxylic acids is 1. The third kappa shape index (κ3) is 4.75. The third-order valence-corrected chi connectivity index (χ3v) is 6.22. The lowest BCUT2D eigenvalue weighted by atomic mass is 9.73. The quantitative estimate of drug-likeness (QED) is 0.364. The zero-order valence-corrected chi connectivity index (χ0v) is 16.3. The lowest BCUT2D eigenvalue weighted by Gasteiger charge is -2.45. The molecule has 3 rings (SSSR count). The lowest BCUT2D eigenvalue weighted by Crippen LogP contribution is -2.57. The SMILES string of the molecule is N#Cc1cccc(NC(=O)NC2(C3CCN(C(=N)N)CC3)CCCCCC2)c1. The average molecular weight is 383 g/mol. The first-order valence-electron chi connectivity index (χ1n) is 10.2. The number of urea groups is 1. The zero-order chi connectivity index (χ0) is 20.0. The van der Waals surface area contributed by atoms with Crippen molar-refractivity contribution in [3.05, 3.63) is 29.8 Å². The summed E-state index contributed by atoms with van der Waals surface area (Å²) in [4.78, 5) is 14.8. The number of likely N-dealkylation sites (tertiary alicyclic amines) is 1. The minimum atomic E-state index is -0.212. The Morgan fingerprint density at radius 2 is 1.89 bits per heavy atom. The summed E-state index contributed by atoms with van der Waals surface area (Å²) in [7, 11) is 0. The molecule has 2 fully saturated rings. The highest BCUT2D eigenvalue weighted by molar-refractivity contribution is 5.90. The number of guanidine groups is 1. The van der Waals surface area contributed by atoms with Gasteiger partial charge in [0.15, 0.2) is 5.96 Å². The molecule has 0 aromatic heterocycles. The standard InChI is InChI=1S/C21H30N6O/c22-15-16-6-5-7-18(14-16)25-20(28)26-21(10-3-1-2-4-11-21)17-8-12-27(13-9-17)19(23)24/h5-7,14,17H,1-4,8-13H2,(H3,23,24)(H2,25,26,28). The maximum Gasteiger partial charge on any atom is 0.319 e. The van der Waals surface area contributed by atoms with Gasteiger partial charge in [0.1, 0.15) is 0 Å². The van der Waals surface area contributed by atoms with Crippen LogP contribution in [0.25, 0.3) is 0 Å². The van der Waals surface area contributed by atoms with E-state index in [0.29, 0.717) is 17.2 Å². The van der Waals surface area contributed by atoms with E-state index in [-0.39, 0.29) is 17.5 Å². The van der Waals surface area contributed by atoms with E-state index in [2.05, 4.69) is 16.7 Å². The minimum Gasteiger partial charge on any atom is -0.370 e. The largest absolute Gasteiger partial charge is 0.370 e. The van der Waals surface area contributed by atoms with Crippen LogP contribution in [0.5, 0.6) is 0 Å².